The van der Waals surface area contributed by atoms with Crippen LogP contribution in [0, 0.1) is 0 Å². The van der Waals surface area contributed by atoms with Crippen LogP contribution in [0.25, 0.3) is 10.9 Å². The summed E-state index contributed by atoms with van der Waals surface area (Å²) >= 11 is 12.7. The van der Waals surface area contributed by atoms with Gasteiger partial charge < -0.3 is 15.1 Å². The quantitative estimate of drug-likeness (QED) is 0.739. The first-order valence-electron chi connectivity index (χ1n) is 8.35. The second-order valence-electron chi connectivity index (χ2n) is 6.44. The van der Waals surface area contributed by atoms with Crippen LogP contribution in [-0.4, -0.2) is 57.9 Å². The summed E-state index contributed by atoms with van der Waals surface area (Å²) in [5.74, 6) is 0.471. The fourth-order valence-corrected chi connectivity index (χ4v) is 3.45. The number of halogens is 2. The lowest BCUT2D eigenvalue weighted by molar-refractivity contribution is 0.313. The number of hydrogen-bond donors (Lipinski definition) is 1. The van der Waals surface area contributed by atoms with Gasteiger partial charge in [-0.1, -0.05) is 23.2 Å². The highest BCUT2D eigenvalue weighted by Gasteiger charge is 2.18. The van der Waals surface area contributed by atoms with Crippen LogP contribution < -0.4 is 10.2 Å². The minimum absolute atomic E-state index is 0.471. The summed E-state index contributed by atoms with van der Waals surface area (Å²) in [6.45, 7) is 3.93. The van der Waals surface area contributed by atoms with Crippen LogP contribution in [0.5, 0.6) is 0 Å². The molecule has 1 fully saturated rings. The Morgan fingerprint density at radius 2 is 1.81 bits per heavy atom. The van der Waals surface area contributed by atoms with Gasteiger partial charge in [-0.3, -0.25) is 4.68 Å². The molecule has 2 aromatic heterocycles. The first-order valence-corrected chi connectivity index (χ1v) is 9.11. The summed E-state index contributed by atoms with van der Waals surface area (Å²) in [5, 5.41) is 9.35. The molecule has 0 radical (unpaired) electrons. The van der Waals surface area contributed by atoms with E-state index in [1.165, 1.54) is 0 Å². The Morgan fingerprint density at radius 1 is 1.04 bits per heavy atom. The molecule has 0 amide bonds. The Labute approximate surface area is 161 Å². The van der Waals surface area contributed by atoms with Gasteiger partial charge in [0.05, 0.1) is 28.1 Å². The molecule has 3 heterocycles. The highest BCUT2D eigenvalue weighted by Crippen LogP contribution is 2.31. The lowest BCUT2D eigenvalue weighted by atomic mass is 10.2. The standard InChI is InChI=1S/C17H19Cl2N7/c1-24-3-5-26(6-4-24)15-8-13-11(7-12(15)18)9-20-17(22-13)23-14-10-21-25(2)16(14)19/h7-10H,3-6H2,1-2H3,(H,20,22,23). The number of piperazine rings is 1. The number of nitrogens with zero attached hydrogens (tertiary/aromatic N) is 6. The molecule has 136 valence electrons. The zero-order valence-corrected chi connectivity index (χ0v) is 16.1. The van der Waals surface area contributed by atoms with Gasteiger partial charge in [-0.2, -0.15) is 5.10 Å². The number of anilines is 3. The van der Waals surface area contributed by atoms with E-state index in [-0.39, 0.29) is 0 Å². The maximum Gasteiger partial charge on any atom is 0.227 e. The molecule has 26 heavy (non-hydrogen) atoms. The molecule has 0 bridgehead atoms. The van der Waals surface area contributed by atoms with Crippen molar-refractivity contribution in [1.82, 2.24) is 24.6 Å². The number of rotatable bonds is 3. The zero-order chi connectivity index (χ0) is 18.3. The molecule has 1 N–H and O–H groups in total. The van der Waals surface area contributed by atoms with Crippen LogP contribution in [0.3, 0.4) is 0 Å². The average molecular weight is 392 g/mol. The van der Waals surface area contributed by atoms with Crippen molar-refractivity contribution in [3.05, 3.63) is 34.7 Å². The minimum atomic E-state index is 0.471. The molecule has 0 aliphatic carbocycles. The Balaban J connectivity index is 1.66. The number of fused-ring (bicyclic) bond motifs is 1. The fourth-order valence-electron chi connectivity index (χ4n) is 3.02. The van der Waals surface area contributed by atoms with Gasteiger partial charge in [-0.05, 0) is 19.2 Å². The molecule has 0 saturated carbocycles. The third-order valence-corrected chi connectivity index (χ3v) is 5.36. The molecule has 3 aromatic rings. The number of aromatic nitrogens is 4. The van der Waals surface area contributed by atoms with Gasteiger partial charge in [-0.15, -0.1) is 0 Å². The normalized spacial score (nSPS) is 15.6. The summed E-state index contributed by atoms with van der Waals surface area (Å²) in [6, 6.07) is 3.95. The molecule has 1 aliphatic heterocycles. The Morgan fingerprint density at radius 3 is 2.50 bits per heavy atom. The van der Waals surface area contributed by atoms with Crippen molar-refractivity contribution in [2.24, 2.45) is 7.05 Å². The molecule has 0 unspecified atom stereocenters. The number of hydrogen-bond acceptors (Lipinski definition) is 6. The van der Waals surface area contributed by atoms with Crippen LogP contribution >= 0.6 is 23.2 Å². The van der Waals surface area contributed by atoms with E-state index >= 15 is 0 Å². The van der Waals surface area contributed by atoms with Gasteiger partial charge in [-0.25, -0.2) is 9.97 Å². The molecule has 0 spiro atoms. The van der Waals surface area contributed by atoms with E-state index in [0.717, 1.165) is 47.8 Å². The second-order valence-corrected chi connectivity index (χ2v) is 7.21. The summed E-state index contributed by atoms with van der Waals surface area (Å²) in [7, 11) is 3.91. The van der Waals surface area contributed by atoms with E-state index < -0.39 is 0 Å². The SMILES string of the molecule is CN1CCN(c2cc3nc(Nc4cnn(C)c4Cl)ncc3cc2Cl)CC1. The van der Waals surface area contributed by atoms with Gasteiger partial charge in [0, 0.05) is 44.8 Å². The zero-order valence-electron chi connectivity index (χ0n) is 14.6. The van der Waals surface area contributed by atoms with Crippen LogP contribution in [-0.2, 0) is 7.05 Å². The van der Waals surface area contributed by atoms with Crippen molar-refractivity contribution >= 4 is 51.4 Å². The van der Waals surface area contributed by atoms with Gasteiger partial charge in [0.1, 0.15) is 5.15 Å². The third-order valence-electron chi connectivity index (χ3n) is 4.61. The molecule has 1 aliphatic rings. The predicted molar refractivity (Wildman–Crippen MR) is 106 cm³/mol. The molecular formula is C17H19Cl2N7. The largest absolute Gasteiger partial charge is 0.368 e. The van der Waals surface area contributed by atoms with Crippen LogP contribution in [0.4, 0.5) is 17.3 Å². The number of nitrogens with one attached hydrogen (secondary N) is 1. The van der Waals surface area contributed by atoms with Gasteiger partial charge in [0.15, 0.2) is 0 Å². The summed E-state index contributed by atoms with van der Waals surface area (Å²) in [4.78, 5) is 13.6. The van der Waals surface area contributed by atoms with Gasteiger partial charge in [0.25, 0.3) is 0 Å². The number of benzene rings is 1. The smallest absolute Gasteiger partial charge is 0.227 e. The van der Waals surface area contributed by atoms with Crippen LogP contribution in [0.1, 0.15) is 0 Å². The lowest BCUT2D eigenvalue weighted by Crippen LogP contribution is -2.44. The van der Waals surface area contributed by atoms with E-state index in [1.54, 1.807) is 24.1 Å². The highest BCUT2D eigenvalue weighted by atomic mass is 35.5. The van der Waals surface area contributed by atoms with Crippen molar-refractivity contribution in [2.75, 3.05) is 43.4 Å². The summed E-state index contributed by atoms with van der Waals surface area (Å²) < 4.78 is 1.58. The maximum atomic E-state index is 6.51. The van der Waals surface area contributed by atoms with Crippen molar-refractivity contribution in [1.29, 1.82) is 0 Å². The molecule has 9 heteroatoms. The first kappa shape index (κ1) is 17.3. The molecule has 1 saturated heterocycles. The van der Waals surface area contributed by atoms with E-state index in [1.807, 2.05) is 12.1 Å². The Kier molecular flexibility index (Phi) is 4.60. The highest BCUT2D eigenvalue weighted by molar-refractivity contribution is 6.34. The molecular weight excluding hydrogens is 373 g/mol. The van der Waals surface area contributed by atoms with E-state index in [4.69, 9.17) is 23.2 Å². The fraction of sp³-hybridized carbons (Fsp3) is 0.353. The van der Waals surface area contributed by atoms with Crippen LogP contribution in [0.2, 0.25) is 10.2 Å². The van der Waals surface area contributed by atoms with E-state index in [2.05, 4.69) is 37.2 Å². The second kappa shape index (κ2) is 6.90. The summed E-state index contributed by atoms with van der Waals surface area (Å²) in [6.07, 6.45) is 3.40. The number of aryl methyl sites for hydroxylation is 1. The molecule has 1 aromatic carbocycles. The van der Waals surface area contributed by atoms with Crippen molar-refractivity contribution in [3.63, 3.8) is 0 Å². The molecule has 4 rings (SSSR count). The van der Waals surface area contributed by atoms with E-state index in [9.17, 15) is 0 Å². The maximum absolute atomic E-state index is 6.51. The minimum Gasteiger partial charge on any atom is -0.368 e. The molecule has 7 nitrogen and oxygen atoms in total. The van der Waals surface area contributed by atoms with Crippen molar-refractivity contribution in [3.8, 4) is 0 Å². The number of likely N-dealkylation sites (N-methyl/N-ethyl adjacent to an activating group) is 1. The van der Waals surface area contributed by atoms with Crippen molar-refractivity contribution < 1.29 is 0 Å². The van der Waals surface area contributed by atoms with E-state index in [0.29, 0.717) is 16.8 Å². The molecule has 0 atom stereocenters. The Hall–Kier alpha value is -2.09. The topological polar surface area (TPSA) is 62.1 Å². The average Bonchev–Trinajstić information content (AvgIpc) is 2.94. The van der Waals surface area contributed by atoms with Gasteiger partial charge >= 0.3 is 0 Å². The predicted octanol–water partition coefficient (Wildman–Crippen LogP) is 3.17. The van der Waals surface area contributed by atoms with Gasteiger partial charge in [0.2, 0.25) is 5.95 Å². The monoisotopic (exact) mass is 391 g/mol. The first-order chi connectivity index (χ1) is 12.5. The summed E-state index contributed by atoms with van der Waals surface area (Å²) in [5.41, 5.74) is 2.51. The van der Waals surface area contributed by atoms with Crippen molar-refractivity contribution in [2.45, 2.75) is 0 Å². The Bertz CT molecular complexity index is 948. The third kappa shape index (κ3) is 3.30. The van der Waals surface area contributed by atoms with Crippen LogP contribution in [0.15, 0.2) is 24.5 Å². The lowest BCUT2D eigenvalue weighted by Gasteiger charge is -2.34.